The third-order valence-electron chi connectivity index (χ3n) is 17.5. The average Bonchev–Trinajstić information content (AvgIpc) is 2.68. The van der Waals surface area contributed by atoms with Gasteiger partial charge in [0.15, 0.2) is 12.2 Å². The normalized spacial score (nSPS) is 14.8. The number of aliphatic hydroxyl groups is 1. The Morgan fingerprint density at radius 2 is 0.628 bits per heavy atom. The van der Waals surface area contributed by atoms with E-state index in [9.17, 15) is 43.2 Å². The van der Waals surface area contributed by atoms with Crippen molar-refractivity contribution in [1.82, 2.24) is 0 Å². The van der Waals surface area contributed by atoms with Gasteiger partial charge in [0, 0.05) is 25.7 Å². The highest BCUT2D eigenvalue weighted by Gasteiger charge is 2.30. The van der Waals surface area contributed by atoms with Crippen LogP contribution in [0.15, 0.2) is 24.3 Å². The van der Waals surface area contributed by atoms with Crippen molar-refractivity contribution in [2.45, 2.75) is 375 Å². The van der Waals surface area contributed by atoms with E-state index in [0.29, 0.717) is 31.6 Å². The molecule has 0 saturated carbocycles. The second-order valence-electron chi connectivity index (χ2n) is 27.3. The van der Waals surface area contributed by atoms with Crippen LogP contribution in [0.1, 0.15) is 357 Å². The van der Waals surface area contributed by atoms with Gasteiger partial charge in [-0.3, -0.25) is 37.3 Å². The van der Waals surface area contributed by atoms with Gasteiger partial charge in [-0.05, 0) is 69.1 Å². The van der Waals surface area contributed by atoms with Crippen molar-refractivity contribution >= 4 is 39.5 Å². The first kappa shape index (κ1) is 91.5. The summed E-state index contributed by atoms with van der Waals surface area (Å²) >= 11 is 0. The van der Waals surface area contributed by atoms with Gasteiger partial charge in [-0.15, -0.1) is 0 Å². The second kappa shape index (κ2) is 65.2. The van der Waals surface area contributed by atoms with Crippen LogP contribution in [-0.4, -0.2) is 96.7 Å². The number of phosphoric acid groups is 2. The van der Waals surface area contributed by atoms with E-state index in [1.807, 2.05) is 0 Å². The van der Waals surface area contributed by atoms with Crippen molar-refractivity contribution < 1.29 is 80.2 Å². The standard InChI is InChI=1S/C75H142O17P2/c1-8-11-12-13-14-15-16-17-18-22-25-28-35-44-51-58-74(79)91-70(62-85-72(77)56-49-42-34-31-30-33-41-48-55-68(7)10-3)64-89-93(81,82)87-60-69(76)61-88-94(83,84)90-65-71(63-86-73(78)57-50-43-38-37-39-46-53-66(4)5)92-75(80)59-52-45-36-29-26-23-20-19-21-24-27-32-40-47-54-67(6)9-2/h15-18,66-71,76H,8-14,19-65H2,1-7H3,(H,81,82)(H,83,84)/b16-15-,18-17-/t67?,68?,69-,70-,71-/m1/s1. The van der Waals surface area contributed by atoms with Gasteiger partial charge in [-0.1, -0.05) is 304 Å². The number of carbonyl (C=O) groups is 4. The van der Waals surface area contributed by atoms with Crippen LogP contribution in [0.3, 0.4) is 0 Å². The zero-order valence-corrected chi connectivity index (χ0v) is 62.7. The molecule has 0 aliphatic heterocycles. The average molecular weight is 1380 g/mol. The van der Waals surface area contributed by atoms with Gasteiger partial charge in [-0.25, -0.2) is 9.13 Å². The molecule has 0 bridgehead atoms. The molecule has 0 amide bonds. The van der Waals surface area contributed by atoms with Crippen molar-refractivity contribution in [2.24, 2.45) is 17.8 Å². The predicted octanol–water partition coefficient (Wildman–Crippen LogP) is 21.3. The van der Waals surface area contributed by atoms with Crippen LogP contribution in [-0.2, 0) is 65.4 Å². The summed E-state index contributed by atoms with van der Waals surface area (Å²) in [5.74, 6) is 0.144. The van der Waals surface area contributed by atoms with Gasteiger partial charge >= 0.3 is 39.5 Å². The summed E-state index contributed by atoms with van der Waals surface area (Å²) in [4.78, 5) is 72.7. The molecule has 3 N–H and O–H groups in total. The molecule has 0 saturated heterocycles. The lowest BCUT2D eigenvalue weighted by Crippen LogP contribution is -2.30. The van der Waals surface area contributed by atoms with Gasteiger partial charge in [0.1, 0.15) is 19.3 Å². The number of aliphatic hydroxyl groups excluding tert-OH is 1. The Labute approximate surface area is 573 Å². The minimum absolute atomic E-state index is 0.0841. The Hall–Kier alpha value is -2.46. The molecule has 0 radical (unpaired) electrons. The van der Waals surface area contributed by atoms with Crippen molar-refractivity contribution in [1.29, 1.82) is 0 Å². The van der Waals surface area contributed by atoms with E-state index in [1.54, 1.807) is 0 Å². The minimum Gasteiger partial charge on any atom is -0.462 e. The summed E-state index contributed by atoms with van der Waals surface area (Å²) in [5, 5.41) is 10.6. The number of esters is 4. The Bertz CT molecular complexity index is 1930. The largest absolute Gasteiger partial charge is 0.472 e. The van der Waals surface area contributed by atoms with Gasteiger partial charge in [0.25, 0.3) is 0 Å². The topological polar surface area (TPSA) is 237 Å². The van der Waals surface area contributed by atoms with E-state index >= 15 is 0 Å². The molecule has 0 spiro atoms. The number of hydrogen-bond donors (Lipinski definition) is 3. The molecule has 0 aliphatic rings. The Balaban J connectivity index is 5.26. The van der Waals surface area contributed by atoms with Crippen LogP contribution in [0, 0.1) is 17.8 Å². The second-order valence-corrected chi connectivity index (χ2v) is 30.2. The molecule has 0 fully saturated rings. The van der Waals surface area contributed by atoms with E-state index in [1.165, 1.54) is 148 Å². The molecule has 19 heteroatoms. The summed E-state index contributed by atoms with van der Waals surface area (Å²) < 4.78 is 68.4. The molecular formula is C75H142O17P2. The number of ether oxygens (including phenoxy) is 4. The number of hydrogen-bond acceptors (Lipinski definition) is 15. The molecule has 0 aliphatic carbocycles. The Morgan fingerprint density at radius 1 is 0.351 bits per heavy atom. The van der Waals surface area contributed by atoms with Gasteiger partial charge in [0.2, 0.25) is 0 Å². The smallest absolute Gasteiger partial charge is 0.462 e. The number of phosphoric ester groups is 2. The summed E-state index contributed by atoms with van der Waals surface area (Å²) in [6.45, 7) is 11.8. The molecule has 4 unspecified atom stereocenters. The van der Waals surface area contributed by atoms with E-state index < -0.39 is 97.5 Å². The van der Waals surface area contributed by atoms with Crippen LogP contribution >= 0.6 is 15.6 Å². The van der Waals surface area contributed by atoms with E-state index in [-0.39, 0.29) is 25.7 Å². The molecule has 7 atom stereocenters. The molecule has 0 aromatic heterocycles. The van der Waals surface area contributed by atoms with Crippen LogP contribution in [0.4, 0.5) is 0 Å². The molecule has 0 heterocycles. The molecule has 554 valence electrons. The highest BCUT2D eigenvalue weighted by atomic mass is 31.2. The maximum absolute atomic E-state index is 13.0. The van der Waals surface area contributed by atoms with Crippen molar-refractivity contribution in [3.63, 3.8) is 0 Å². The summed E-state index contributed by atoms with van der Waals surface area (Å²) in [5.41, 5.74) is 0. The fourth-order valence-electron chi connectivity index (χ4n) is 10.8. The quantitative estimate of drug-likeness (QED) is 0.0169. The van der Waals surface area contributed by atoms with E-state index in [4.69, 9.17) is 37.0 Å². The third-order valence-corrected chi connectivity index (χ3v) is 19.4. The van der Waals surface area contributed by atoms with Crippen LogP contribution in [0.5, 0.6) is 0 Å². The zero-order chi connectivity index (χ0) is 69.4. The molecule has 0 rings (SSSR count). The van der Waals surface area contributed by atoms with E-state index in [0.717, 1.165) is 121 Å². The third kappa shape index (κ3) is 65.5. The molecule has 94 heavy (non-hydrogen) atoms. The maximum Gasteiger partial charge on any atom is 0.472 e. The zero-order valence-electron chi connectivity index (χ0n) is 60.9. The van der Waals surface area contributed by atoms with Crippen LogP contribution < -0.4 is 0 Å². The SMILES string of the molecule is CCCCCC/C=C\C=C/CCCCCCCC(=O)O[C@H](COC(=O)CCCCCCCCCCC(C)CC)COP(=O)(O)OC[C@@H](O)COP(=O)(O)OC[C@@H](COC(=O)CCCCCCCCC(C)C)OC(=O)CCCCCCCCCCCCCCCCC(C)CC. The maximum atomic E-state index is 13.0. The molecule has 0 aromatic rings. The number of allylic oxidation sites excluding steroid dienone is 4. The summed E-state index contributed by atoms with van der Waals surface area (Å²) in [6, 6.07) is 0. The lowest BCUT2D eigenvalue weighted by molar-refractivity contribution is -0.161. The number of carbonyl (C=O) groups excluding carboxylic acids is 4. The van der Waals surface area contributed by atoms with Crippen molar-refractivity contribution in [2.75, 3.05) is 39.6 Å². The fraction of sp³-hybridized carbons (Fsp3) is 0.893. The monoisotopic (exact) mass is 1380 g/mol. The highest BCUT2D eigenvalue weighted by Crippen LogP contribution is 2.45. The summed E-state index contributed by atoms with van der Waals surface area (Å²) in [7, 11) is -9.92. The van der Waals surface area contributed by atoms with Crippen molar-refractivity contribution in [3.8, 4) is 0 Å². The Morgan fingerprint density at radius 3 is 0.947 bits per heavy atom. The van der Waals surface area contributed by atoms with Crippen LogP contribution in [0.25, 0.3) is 0 Å². The molecule has 0 aromatic carbocycles. The first-order valence-electron chi connectivity index (χ1n) is 38.2. The first-order chi connectivity index (χ1) is 45.3. The minimum atomic E-state index is -4.96. The lowest BCUT2D eigenvalue weighted by atomic mass is 9.99. The van der Waals surface area contributed by atoms with Gasteiger partial charge in [0.05, 0.1) is 26.4 Å². The predicted molar refractivity (Wildman–Crippen MR) is 381 cm³/mol. The first-order valence-corrected chi connectivity index (χ1v) is 41.2. The fourth-order valence-corrected chi connectivity index (χ4v) is 12.4. The highest BCUT2D eigenvalue weighted by molar-refractivity contribution is 7.47. The van der Waals surface area contributed by atoms with E-state index in [2.05, 4.69) is 72.8 Å². The Kier molecular flexibility index (Phi) is 63.5. The van der Waals surface area contributed by atoms with Crippen molar-refractivity contribution in [3.05, 3.63) is 24.3 Å². The van der Waals surface area contributed by atoms with Crippen LogP contribution in [0.2, 0.25) is 0 Å². The van der Waals surface area contributed by atoms with Gasteiger partial charge < -0.3 is 33.8 Å². The number of unbranched alkanes of at least 4 members (excludes halogenated alkanes) is 34. The molecule has 17 nitrogen and oxygen atoms in total. The number of rotatable bonds is 71. The molecular weight excluding hydrogens is 1230 g/mol. The summed E-state index contributed by atoms with van der Waals surface area (Å²) in [6.07, 6.45) is 53.6. The van der Waals surface area contributed by atoms with Gasteiger partial charge in [-0.2, -0.15) is 0 Å². The lowest BCUT2D eigenvalue weighted by Gasteiger charge is -2.21.